The van der Waals surface area contributed by atoms with Crippen LogP contribution in [-0.2, 0) is 14.8 Å². The summed E-state index contributed by atoms with van der Waals surface area (Å²) < 4.78 is 38.0. The highest BCUT2D eigenvalue weighted by Gasteiger charge is 2.21. The normalized spacial score (nSPS) is 19.6. The van der Waals surface area contributed by atoms with Crippen LogP contribution in [0.1, 0.15) is 12.8 Å². The molecule has 1 aliphatic rings. The topological polar surface area (TPSA) is 64.6 Å². The molecule has 7 heteroatoms. The van der Waals surface area contributed by atoms with Crippen LogP contribution in [0.15, 0.2) is 27.6 Å². The molecule has 0 amide bonds. The largest absolute Gasteiger partial charge is 0.496 e. The molecule has 1 saturated heterocycles. The first-order valence-electron chi connectivity index (χ1n) is 5.98. The second-order valence-corrected chi connectivity index (χ2v) is 6.90. The van der Waals surface area contributed by atoms with Gasteiger partial charge in [0.05, 0.1) is 22.6 Å². The van der Waals surface area contributed by atoms with Gasteiger partial charge in [0.15, 0.2) is 0 Å². The lowest BCUT2D eigenvalue weighted by molar-refractivity contribution is 0.114. The predicted molar refractivity (Wildman–Crippen MR) is 74.9 cm³/mol. The number of hydrogen-bond donors (Lipinski definition) is 1. The molecule has 0 spiro atoms. The van der Waals surface area contributed by atoms with Gasteiger partial charge >= 0.3 is 0 Å². The summed E-state index contributed by atoms with van der Waals surface area (Å²) in [7, 11) is -2.03. The zero-order valence-electron chi connectivity index (χ0n) is 10.6. The summed E-state index contributed by atoms with van der Waals surface area (Å²) in [5, 5.41) is 0. The number of hydrogen-bond acceptors (Lipinski definition) is 4. The number of sulfonamides is 1. The predicted octanol–water partition coefficient (Wildman–Crippen LogP) is 1.91. The van der Waals surface area contributed by atoms with Crippen molar-refractivity contribution in [2.24, 2.45) is 0 Å². The highest BCUT2D eigenvalue weighted by atomic mass is 79.9. The minimum absolute atomic E-state index is 0.0212. The molecule has 0 unspecified atom stereocenters. The molecule has 106 valence electrons. The van der Waals surface area contributed by atoms with Crippen LogP contribution in [0.2, 0.25) is 0 Å². The zero-order valence-corrected chi connectivity index (χ0v) is 13.0. The summed E-state index contributed by atoms with van der Waals surface area (Å²) in [6, 6.07) is 4.67. The summed E-state index contributed by atoms with van der Waals surface area (Å²) in [5.74, 6) is 0.486. The molecule has 1 atom stereocenters. The van der Waals surface area contributed by atoms with Gasteiger partial charge in [-0.25, -0.2) is 13.1 Å². The molecular formula is C12H16BrNO4S. The first-order chi connectivity index (χ1) is 9.03. The van der Waals surface area contributed by atoms with E-state index in [1.165, 1.54) is 19.2 Å². The second-order valence-electron chi connectivity index (χ2n) is 4.28. The van der Waals surface area contributed by atoms with Gasteiger partial charge in [-0.2, -0.15) is 0 Å². The molecular weight excluding hydrogens is 334 g/mol. The van der Waals surface area contributed by atoms with Crippen molar-refractivity contribution in [3.63, 3.8) is 0 Å². The van der Waals surface area contributed by atoms with Crippen LogP contribution in [0, 0.1) is 0 Å². The van der Waals surface area contributed by atoms with Crippen molar-refractivity contribution in [3.8, 4) is 5.75 Å². The van der Waals surface area contributed by atoms with E-state index in [4.69, 9.17) is 9.47 Å². The maximum absolute atomic E-state index is 12.1. The average molecular weight is 350 g/mol. The second kappa shape index (κ2) is 6.21. The van der Waals surface area contributed by atoms with E-state index in [-0.39, 0.29) is 11.0 Å². The summed E-state index contributed by atoms with van der Waals surface area (Å²) in [6.45, 7) is 1.01. The Morgan fingerprint density at radius 1 is 1.53 bits per heavy atom. The Labute approximate surface area is 121 Å². The molecule has 1 aromatic carbocycles. The molecule has 2 rings (SSSR count). The monoisotopic (exact) mass is 349 g/mol. The molecule has 1 aromatic rings. The smallest absolute Gasteiger partial charge is 0.240 e. The lowest BCUT2D eigenvalue weighted by atomic mass is 10.2. The quantitative estimate of drug-likeness (QED) is 0.881. The van der Waals surface area contributed by atoms with Crippen LogP contribution in [0.3, 0.4) is 0 Å². The van der Waals surface area contributed by atoms with Crippen molar-refractivity contribution in [3.05, 3.63) is 22.7 Å². The number of halogens is 1. The summed E-state index contributed by atoms with van der Waals surface area (Å²) in [4.78, 5) is 0.186. The molecule has 0 aliphatic carbocycles. The third kappa shape index (κ3) is 3.68. The van der Waals surface area contributed by atoms with Gasteiger partial charge in [0.1, 0.15) is 5.75 Å². The lowest BCUT2D eigenvalue weighted by Crippen LogP contribution is -2.31. The van der Waals surface area contributed by atoms with E-state index in [1.54, 1.807) is 6.07 Å². The van der Waals surface area contributed by atoms with E-state index in [0.29, 0.717) is 23.4 Å². The van der Waals surface area contributed by atoms with Crippen molar-refractivity contribution in [1.29, 1.82) is 0 Å². The Balaban J connectivity index is 2.10. The molecule has 1 N–H and O–H groups in total. The first kappa shape index (κ1) is 14.8. The number of ether oxygens (including phenoxy) is 2. The molecule has 5 nitrogen and oxygen atoms in total. The van der Waals surface area contributed by atoms with Gasteiger partial charge in [0.2, 0.25) is 10.0 Å². The van der Waals surface area contributed by atoms with Crippen LogP contribution in [0.25, 0.3) is 0 Å². The number of nitrogens with one attached hydrogen (secondary N) is 1. The molecule has 0 aromatic heterocycles. The Hall–Kier alpha value is -0.630. The molecule has 1 heterocycles. The summed E-state index contributed by atoms with van der Waals surface area (Å²) in [5.41, 5.74) is 0. The van der Waals surface area contributed by atoms with Crippen LogP contribution < -0.4 is 9.46 Å². The minimum Gasteiger partial charge on any atom is -0.496 e. The zero-order chi connectivity index (χ0) is 13.9. The van der Waals surface area contributed by atoms with Crippen molar-refractivity contribution < 1.29 is 17.9 Å². The average Bonchev–Trinajstić information content (AvgIpc) is 2.90. The van der Waals surface area contributed by atoms with Crippen molar-refractivity contribution in [1.82, 2.24) is 4.72 Å². The SMILES string of the molecule is COc1cc(S(=O)(=O)NC[C@@H]2CCCO2)ccc1Br. The third-order valence-corrected chi connectivity index (χ3v) is 5.03. The van der Waals surface area contributed by atoms with Crippen LogP contribution in [0.4, 0.5) is 0 Å². The fraction of sp³-hybridized carbons (Fsp3) is 0.500. The lowest BCUT2D eigenvalue weighted by Gasteiger charge is -2.12. The van der Waals surface area contributed by atoms with Crippen LogP contribution in [0.5, 0.6) is 5.75 Å². The van der Waals surface area contributed by atoms with E-state index >= 15 is 0 Å². The van der Waals surface area contributed by atoms with E-state index < -0.39 is 10.0 Å². The molecule has 0 radical (unpaired) electrons. The highest BCUT2D eigenvalue weighted by Crippen LogP contribution is 2.27. The number of rotatable bonds is 5. The van der Waals surface area contributed by atoms with Crippen LogP contribution in [-0.4, -0.2) is 34.8 Å². The molecule has 19 heavy (non-hydrogen) atoms. The highest BCUT2D eigenvalue weighted by molar-refractivity contribution is 9.10. The molecule has 0 saturated carbocycles. The number of benzene rings is 1. The maximum Gasteiger partial charge on any atom is 0.240 e. The fourth-order valence-electron chi connectivity index (χ4n) is 1.90. The molecule has 1 aliphatic heterocycles. The Morgan fingerprint density at radius 2 is 2.32 bits per heavy atom. The molecule has 1 fully saturated rings. The Kier molecular flexibility index (Phi) is 4.83. The van der Waals surface area contributed by atoms with Gasteiger partial charge in [0, 0.05) is 19.2 Å². The van der Waals surface area contributed by atoms with Gasteiger partial charge in [-0.05, 0) is 40.9 Å². The van der Waals surface area contributed by atoms with E-state index in [9.17, 15) is 8.42 Å². The van der Waals surface area contributed by atoms with Gasteiger partial charge in [-0.1, -0.05) is 0 Å². The minimum atomic E-state index is -3.53. The standard InChI is InChI=1S/C12H16BrNO4S/c1-17-12-7-10(4-5-11(12)13)19(15,16)14-8-9-3-2-6-18-9/h4-5,7,9,14H,2-3,6,8H2,1H3/t9-/m0/s1. The van der Waals surface area contributed by atoms with Crippen molar-refractivity contribution in [2.45, 2.75) is 23.8 Å². The first-order valence-corrected chi connectivity index (χ1v) is 8.25. The Morgan fingerprint density at radius 3 is 2.95 bits per heavy atom. The maximum atomic E-state index is 12.1. The van der Waals surface area contributed by atoms with Gasteiger partial charge < -0.3 is 9.47 Å². The van der Waals surface area contributed by atoms with Crippen LogP contribution >= 0.6 is 15.9 Å². The third-order valence-electron chi connectivity index (χ3n) is 2.96. The van der Waals surface area contributed by atoms with Gasteiger partial charge in [-0.15, -0.1) is 0 Å². The molecule has 0 bridgehead atoms. The number of methoxy groups -OCH3 is 1. The van der Waals surface area contributed by atoms with Gasteiger partial charge in [-0.3, -0.25) is 0 Å². The van der Waals surface area contributed by atoms with E-state index in [1.807, 2.05) is 0 Å². The van der Waals surface area contributed by atoms with Gasteiger partial charge in [0.25, 0.3) is 0 Å². The van der Waals surface area contributed by atoms with Crippen molar-refractivity contribution >= 4 is 26.0 Å². The van der Waals surface area contributed by atoms with E-state index in [0.717, 1.165) is 12.8 Å². The Bertz CT molecular complexity index is 541. The van der Waals surface area contributed by atoms with Crippen molar-refractivity contribution in [2.75, 3.05) is 20.3 Å². The summed E-state index contributed by atoms with van der Waals surface area (Å²) in [6.07, 6.45) is 1.86. The van der Waals surface area contributed by atoms with E-state index in [2.05, 4.69) is 20.7 Å². The summed E-state index contributed by atoms with van der Waals surface area (Å²) >= 11 is 3.29. The fourth-order valence-corrected chi connectivity index (χ4v) is 3.39.